The molecule has 21 heavy (non-hydrogen) atoms. The molecule has 108 valence electrons. The Bertz CT molecular complexity index is 623. The van der Waals surface area contributed by atoms with Crippen molar-refractivity contribution in [3.63, 3.8) is 0 Å². The summed E-state index contributed by atoms with van der Waals surface area (Å²) < 4.78 is 0. The summed E-state index contributed by atoms with van der Waals surface area (Å²) in [7, 11) is 0. The Labute approximate surface area is 127 Å². The van der Waals surface area contributed by atoms with Crippen LogP contribution in [-0.2, 0) is 0 Å². The normalized spacial score (nSPS) is 13.6. The number of benzene rings is 1. The molecule has 3 rings (SSSR count). The monoisotopic (exact) mass is 302 g/mol. The van der Waals surface area contributed by atoms with Gasteiger partial charge in [-0.2, -0.15) is 0 Å². The van der Waals surface area contributed by atoms with Gasteiger partial charge in [0.15, 0.2) is 0 Å². The molecule has 0 radical (unpaired) electrons. The lowest BCUT2D eigenvalue weighted by atomic mass is 10.3. The van der Waals surface area contributed by atoms with Gasteiger partial charge < -0.3 is 16.0 Å². The highest BCUT2D eigenvalue weighted by atomic mass is 35.5. The van der Waals surface area contributed by atoms with Crippen LogP contribution in [0.4, 0.5) is 22.0 Å². The van der Waals surface area contributed by atoms with Gasteiger partial charge in [-0.15, -0.1) is 0 Å². The number of nitrogens with zero attached hydrogens (tertiary/aromatic N) is 1. The number of hydrogen-bond donors (Lipinski definition) is 3. The standard InChI is InChI=1S/C15H15ClN4O/c16-10-1-3-11(4-2-10)18-14-8-7-13(9-17-14)20-15(21)19-12-5-6-12/h1-4,7-9,12H,5-6H2,(H,17,18)(H2,19,20,21). The molecule has 1 aliphatic rings. The molecule has 1 fully saturated rings. The van der Waals surface area contributed by atoms with E-state index in [1.807, 2.05) is 24.3 Å². The highest BCUT2D eigenvalue weighted by molar-refractivity contribution is 6.30. The maximum absolute atomic E-state index is 11.6. The van der Waals surface area contributed by atoms with E-state index in [4.69, 9.17) is 11.6 Å². The molecular weight excluding hydrogens is 288 g/mol. The minimum absolute atomic E-state index is 0.183. The van der Waals surface area contributed by atoms with Crippen LogP contribution in [0, 0.1) is 0 Å². The Morgan fingerprint density at radius 3 is 2.43 bits per heavy atom. The van der Waals surface area contributed by atoms with Crippen LogP contribution in [0.2, 0.25) is 5.02 Å². The van der Waals surface area contributed by atoms with Crippen molar-refractivity contribution in [2.75, 3.05) is 10.6 Å². The molecule has 6 heteroatoms. The predicted molar refractivity (Wildman–Crippen MR) is 84.1 cm³/mol. The third-order valence-electron chi connectivity index (χ3n) is 3.05. The minimum atomic E-state index is -0.183. The number of pyridine rings is 1. The van der Waals surface area contributed by atoms with Crippen molar-refractivity contribution in [1.29, 1.82) is 0 Å². The van der Waals surface area contributed by atoms with E-state index in [2.05, 4.69) is 20.9 Å². The molecule has 1 heterocycles. The molecule has 2 amide bonds. The van der Waals surface area contributed by atoms with Crippen molar-refractivity contribution < 1.29 is 4.79 Å². The van der Waals surface area contributed by atoms with Crippen molar-refractivity contribution >= 4 is 34.8 Å². The van der Waals surface area contributed by atoms with Crippen LogP contribution in [0.5, 0.6) is 0 Å². The van der Waals surface area contributed by atoms with Gasteiger partial charge in [-0.05, 0) is 49.2 Å². The number of carbonyl (C=O) groups is 1. The third kappa shape index (κ3) is 4.10. The highest BCUT2D eigenvalue weighted by Crippen LogP contribution is 2.20. The molecule has 0 unspecified atom stereocenters. The Kier molecular flexibility index (Phi) is 3.92. The SMILES string of the molecule is O=C(Nc1ccc(Nc2ccc(Cl)cc2)nc1)NC1CC1. The van der Waals surface area contributed by atoms with Crippen molar-refractivity contribution in [2.24, 2.45) is 0 Å². The number of urea groups is 1. The second-order valence-electron chi connectivity index (χ2n) is 4.94. The molecule has 1 saturated carbocycles. The summed E-state index contributed by atoms with van der Waals surface area (Å²) in [5.74, 6) is 0.700. The van der Waals surface area contributed by atoms with Crippen molar-refractivity contribution in [2.45, 2.75) is 18.9 Å². The lowest BCUT2D eigenvalue weighted by Crippen LogP contribution is -2.30. The van der Waals surface area contributed by atoms with E-state index < -0.39 is 0 Å². The fraction of sp³-hybridized carbons (Fsp3) is 0.200. The van der Waals surface area contributed by atoms with Crippen LogP contribution in [0.25, 0.3) is 0 Å². The first-order chi connectivity index (χ1) is 10.2. The maximum Gasteiger partial charge on any atom is 0.319 e. The van der Waals surface area contributed by atoms with E-state index in [1.165, 1.54) is 0 Å². The molecule has 2 aromatic rings. The second-order valence-corrected chi connectivity index (χ2v) is 5.37. The minimum Gasteiger partial charge on any atom is -0.340 e. The zero-order valence-corrected chi connectivity index (χ0v) is 12.0. The van der Waals surface area contributed by atoms with Gasteiger partial charge in [-0.25, -0.2) is 9.78 Å². The molecule has 0 bridgehead atoms. The Morgan fingerprint density at radius 1 is 1.10 bits per heavy atom. The van der Waals surface area contributed by atoms with Gasteiger partial charge in [0.05, 0.1) is 11.9 Å². The zero-order valence-electron chi connectivity index (χ0n) is 11.3. The van der Waals surface area contributed by atoms with E-state index in [-0.39, 0.29) is 6.03 Å². The smallest absolute Gasteiger partial charge is 0.319 e. The molecule has 0 saturated heterocycles. The van der Waals surface area contributed by atoms with Crippen LogP contribution >= 0.6 is 11.6 Å². The van der Waals surface area contributed by atoms with Crippen LogP contribution in [-0.4, -0.2) is 17.1 Å². The Morgan fingerprint density at radius 2 is 1.81 bits per heavy atom. The molecular formula is C15H15ClN4O. The molecule has 0 aliphatic heterocycles. The summed E-state index contributed by atoms with van der Waals surface area (Å²) in [4.78, 5) is 15.9. The van der Waals surface area contributed by atoms with Gasteiger partial charge in [-0.1, -0.05) is 11.6 Å². The Hall–Kier alpha value is -2.27. The van der Waals surface area contributed by atoms with Gasteiger partial charge >= 0.3 is 6.03 Å². The summed E-state index contributed by atoms with van der Waals surface area (Å²) in [6, 6.07) is 11.1. The van der Waals surface area contributed by atoms with Crippen molar-refractivity contribution in [3.8, 4) is 0 Å². The van der Waals surface area contributed by atoms with E-state index in [9.17, 15) is 4.79 Å². The number of aromatic nitrogens is 1. The summed E-state index contributed by atoms with van der Waals surface area (Å²) in [6.45, 7) is 0. The first-order valence-corrected chi connectivity index (χ1v) is 7.13. The highest BCUT2D eigenvalue weighted by Gasteiger charge is 2.23. The number of halogens is 1. The molecule has 1 aliphatic carbocycles. The summed E-state index contributed by atoms with van der Waals surface area (Å²) in [6.07, 6.45) is 3.75. The van der Waals surface area contributed by atoms with Gasteiger partial charge in [-0.3, -0.25) is 0 Å². The van der Waals surface area contributed by atoms with Gasteiger partial charge in [0.2, 0.25) is 0 Å². The van der Waals surface area contributed by atoms with E-state index in [0.29, 0.717) is 22.6 Å². The lowest BCUT2D eigenvalue weighted by molar-refractivity contribution is 0.251. The van der Waals surface area contributed by atoms with Gasteiger partial charge in [0, 0.05) is 16.8 Å². The number of amides is 2. The first-order valence-electron chi connectivity index (χ1n) is 6.75. The molecule has 3 N–H and O–H groups in total. The van der Waals surface area contributed by atoms with Crippen LogP contribution < -0.4 is 16.0 Å². The van der Waals surface area contributed by atoms with E-state index in [1.54, 1.807) is 18.3 Å². The number of nitrogens with one attached hydrogen (secondary N) is 3. The number of hydrogen-bond acceptors (Lipinski definition) is 3. The van der Waals surface area contributed by atoms with E-state index in [0.717, 1.165) is 18.5 Å². The van der Waals surface area contributed by atoms with Crippen LogP contribution in [0.1, 0.15) is 12.8 Å². The summed E-state index contributed by atoms with van der Waals surface area (Å²) in [5, 5.41) is 9.46. The number of anilines is 3. The van der Waals surface area contributed by atoms with Crippen LogP contribution in [0.3, 0.4) is 0 Å². The predicted octanol–water partition coefficient (Wildman–Crippen LogP) is 3.76. The average molecular weight is 303 g/mol. The molecule has 0 atom stereocenters. The third-order valence-corrected chi connectivity index (χ3v) is 3.30. The topological polar surface area (TPSA) is 66.0 Å². The molecule has 1 aromatic heterocycles. The van der Waals surface area contributed by atoms with Gasteiger partial charge in [0.25, 0.3) is 0 Å². The lowest BCUT2D eigenvalue weighted by Gasteiger charge is -2.08. The van der Waals surface area contributed by atoms with Crippen LogP contribution in [0.15, 0.2) is 42.6 Å². The average Bonchev–Trinajstić information content (AvgIpc) is 3.27. The quantitative estimate of drug-likeness (QED) is 0.805. The maximum atomic E-state index is 11.6. The first kappa shape index (κ1) is 13.7. The largest absolute Gasteiger partial charge is 0.340 e. The van der Waals surface area contributed by atoms with Crippen molar-refractivity contribution in [1.82, 2.24) is 10.3 Å². The van der Waals surface area contributed by atoms with Gasteiger partial charge in [0.1, 0.15) is 5.82 Å². The fourth-order valence-corrected chi connectivity index (χ4v) is 1.93. The molecule has 1 aromatic carbocycles. The second kappa shape index (κ2) is 6.01. The summed E-state index contributed by atoms with van der Waals surface area (Å²) >= 11 is 5.83. The zero-order chi connectivity index (χ0) is 14.7. The van der Waals surface area contributed by atoms with E-state index >= 15 is 0 Å². The molecule has 0 spiro atoms. The summed E-state index contributed by atoms with van der Waals surface area (Å²) in [5.41, 5.74) is 1.56. The number of carbonyl (C=O) groups excluding carboxylic acids is 1. The Balaban J connectivity index is 1.58. The molecule has 5 nitrogen and oxygen atoms in total. The fourth-order valence-electron chi connectivity index (χ4n) is 1.80. The van der Waals surface area contributed by atoms with Crippen molar-refractivity contribution in [3.05, 3.63) is 47.6 Å². The number of rotatable bonds is 4.